The minimum atomic E-state index is -1.08. The van der Waals surface area contributed by atoms with E-state index in [0.29, 0.717) is 17.7 Å². The van der Waals surface area contributed by atoms with Crippen LogP contribution in [0.5, 0.6) is 11.5 Å². The SMILES string of the molecule is CCCc1c(C(=O)O)c(-c2ccc(O)c(O)c2)nn1-c1ccc(C(C)(C)C)cc1. The van der Waals surface area contributed by atoms with Crippen molar-refractivity contribution in [2.75, 3.05) is 0 Å². The fraction of sp³-hybridized carbons (Fsp3) is 0.304. The molecule has 0 spiro atoms. The van der Waals surface area contributed by atoms with Crippen molar-refractivity contribution in [2.24, 2.45) is 0 Å². The molecule has 0 amide bonds. The third-order valence-corrected chi connectivity index (χ3v) is 4.91. The Bertz CT molecular complexity index is 1040. The van der Waals surface area contributed by atoms with Crippen LogP contribution in [0.4, 0.5) is 0 Å². The monoisotopic (exact) mass is 394 g/mol. The maximum Gasteiger partial charge on any atom is 0.339 e. The van der Waals surface area contributed by atoms with E-state index >= 15 is 0 Å². The summed E-state index contributed by atoms with van der Waals surface area (Å²) in [4.78, 5) is 12.1. The van der Waals surface area contributed by atoms with Gasteiger partial charge in [-0.2, -0.15) is 5.10 Å². The molecule has 2 aromatic carbocycles. The van der Waals surface area contributed by atoms with Crippen molar-refractivity contribution in [3.63, 3.8) is 0 Å². The van der Waals surface area contributed by atoms with E-state index in [4.69, 9.17) is 0 Å². The molecule has 0 saturated heterocycles. The number of carbonyl (C=O) groups is 1. The van der Waals surface area contributed by atoms with Crippen LogP contribution in [0.3, 0.4) is 0 Å². The molecule has 1 heterocycles. The number of rotatable bonds is 5. The highest BCUT2D eigenvalue weighted by molar-refractivity contribution is 5.96. The summed E-state index contributed by atoms with van der Waals surface area (Å²) < 4.78 is 1.67. The third-order valence-electron chi connectivity index (χ3n) is 4.91. The van der Waals surface area contributed by atoms with Gasteiger partial charge in [0.25, 0.3) is 0 Å². The molecule has 6 heteroatoms. The Labute approximate surface area is 170 Å². The molecule has 0 aliphatic heterocycles. The average molecular weight is 394 g/mol. The first-order valence-electron chi connectivity index (χ1n) is 9.62. The van der Waals surface area contributed by atoms with Gasteiger partial charge < -0.3 is 15.3 Å². The van der Waals surface area contributed by atoms with E-state index in [1.165, 1.54) is 17.7 Å². The van der Waals surface area contributed by atoms with Gasteiger partial charge in [-0.15, -0.1) is 0 Å². The molecule has 0 fully saturated rings. The Morgan fingerprint density at radius 2 is 1.69 bits per heavy atom. The van der Waals surface area contributed by atoms with E-state index in [9.17, 15) is 20.1 Å². The standard InChI is InChI=1S/C23H26N2O4/c1-5-6-17-20(22(28)29)21(14-7-12-18(26)19(27)13-14)24-25(17)16-10-8-15(9-11-16)23(2,3)4/h7-13,26-27H,5-6H2,1-4H3,(H,28,29). The number of carboxylic acid groups (broad SMARTS) is 1. The van der Waals surface area contributed by atoms with Crippen molar-refractivity contribution in [2.45, 2.75) is 46.0 Å². The molecule has 3 rings (SSSR count). The maximum atomic E-state index is 12.1. The average Bonchev–Trinajstić information content (AvgIpc) is 3.03. The number of phenols is 2. The van der Waals surface area contributed by atoms with E-state index in [1.807, 2.05) is 31.2 Å². The molecule has 0 saturated carbocycles. The molecule has 3 aromatic rings. The summed E-state index contributed by atoms with van der Waals surface area (Å²) in [5.74, 6) is -1.66. The molecule has 0 atom stereocenters. The smallest absolute Gasteiger partial charge is 0.339 e. The third kappa shape index (κ3) is 3.97. The van der Waals surface area contributed by atoms with Crippen LogP contribution in [0.25, 0.3) is 16.9 Å². The van der Waals surface area contributed by atoms with Crippen LogP contribution in [-0.4, -0.2) is 31.1 Å². The zero-order chi connectivity index (χ0) is 21.3. The van der Waals surface area contributed by atoms with Gasteiger partial charge in [0.15, 0.2) is 11.5 Å². The van der Waals surface area contributed by atoms with Crippen molar-refractivity contribution < 1.29 is 20.1 Å². The number of aromatic carboxylic acids is 1. The molecule has 0 radical (unpaired) electrons. The first-order chi connectivity index (χ1) is 13.6. The number of hydrogen-bond acceptors (Lipinski definition) is 4. The first kappa shape index (κ1) is 20.5. The van der Waals surface area contributed by atoms with Gasteiger partial charge in [0.1, 0.15) is 11.3 Å². The Balaban J connectivity index is 2.21. The van der Waals surface area contributed by atoms with Crippen LogP contribution < -0.4 is 0 Å². The number of benzene rings is 2. The van der Waals surface area contributed by atoms with Crippen molar-refractivity contribution in [1.29, 1.82) is 0 Å². The summed E-state index contributed by atoms with van der Waals surface area (Å²) in [5, 5.41) is 34.0. The molecule has 3 N–H and O–H groups in total. The van der Waals surface area contributed by atoms with Crippen LogP contribution in [-0.2, 0) is 11.8 Å². The van der Waals surface area contributed by atoms with Gasteiger partial charge in [0.05, 0.1) is 11.4 Å². The summed E-state index contributed by atoms with van der Waals surface area (Å²) in [6, 6.07) is 12.1. The highest BCUT2D eigenvalue weighted by atomic mass is 16.4. The first-order valence-corrected chi connectivity index (χ1v) is 9.62. The van der Waals surface area contributed by atoms with Crippen LogP contribution in [0, 0.1) is 0 Å². The highest BCUT2D eigenvalue weighted by Gasteiger charge is 2.25. The minimum absolute atomic E-state index is 0.00977. The number of nitrogens with zero attached hydrogens (tertiary/aromatic N) is 2. The summed E-state index contributed by atoms with van der Waals surface area (Å²) in [6.07, 6.45) is 1.30. The molecule has 29 heavy (non-hydrogen) atoms. The molecule has 152 valence electrons. The largest absolute Gasteiger partial charge is 0.504 e. The Morgan fingerprint density at radius 3 is 2.21 bits per heavy atom. The quantitative estimate of drug-likeness (QED) is 0.535. The maximum absolute atomic E-state index is 12.1. The van der Waals surface area contributed by atoms with Gasteiger partial charge in [-0.05, 0) is 47.7 Å². The second kappa shape index (κ2) is 7.62. The van der Waals surface area contributed by atoms with Crippen molar-refractivity contribution in [1.82, 2.24) is 9.78 Å². The molecular formula is C23H26N2O4. The van der Waals surface area contributed by atoms with E-state index < -0.39 is 5.97 Å². The molecule has 0 aliphatic rings. The molecular weight excluding hydrogens is 368 g/mol. The van der Waals surface area contributed by atoms with Gasteiger partial charge >= 0.3 is 5.97 Å². The van der Waals surface area contributed by atoms with Gasteiger partial charge in [-0.1, -0.05) is 46.2 Å². The number of aromatic nitrogens is 2. The van der Waals surface area contributed by atoms with E-state index in [1.54, 1.807) is 10.7 Å². The topological polar surface area (TPSA) is 95.6 Å². The van der Waals surface area contributed by atoms with Crippen LogP contribution in [0.15, 0.2) is 42.5 Å². The fourth-order valence-corrected chi connectivity index (χ4v) is 3.33. The van der Waals surface area contributed by atoms with Gasteiger partial charge in [-0.25, -0.2) is 9.48 Å². The second-order valence-electron chi connectivity index (χ2n) is 8.14. The summed E-state index contributed by atoms with van der Waals surface area (Å²) in [6.45, 7) is 8.39. The Kier molecular flexibility index (Phi) is 5.38. The van der Waals surface area contributed by atoms with Crippen molar-refractivity contribution in [3.8, 4) is 28.4 Å². The second-order valence-corrected chi connectivity index (χ2v) is 8.14. The highest BCUT2D eigenvalue weighted by Crippen LogP contribution is 2.34. The Hall–Kier alpha value is -3.28. The van der Waals surface area contributed by atoms with Crippen LogP contribution >= 0.6 is 0 Å². The van der Waals surface area contributed by atoms with E-state index in [-0.39, 0.29) is 28.2 Å². The zero-order valence-electron chi connectivity index (χ0n) is 17.1. The molecule has 1 aromatic heterocycles. The van der Waals surface area contributed by atoms with Crippen molar-refractivity contribution in [3.05, 3.63) is 59.3 Å². The normalized spacial score (nSPS) is 11.6. The van der Waals surface area contributed by atoms with Crippen molar-refractivity contribution >= 4 is 5.97 Å². The molecule has 0 unspecified atom stereocenters. The molecule has 6 nitrogen and oxygen atoms in total. The number of hydrogen-bond donors (Lipinski definition) is 3. The van der Waals surface area contributed by atoms with Gasteiger partial charge in [0.2, 0.25) is 0 Å². The predicted molar refractivity (Wildman–Crippen MR) is 112 cm³/mol. The van der Waals surface area contributed by atoms with E-state index in [2.05, 4.69) is 25.9 Å². The van der Waals surface area contributed by atoms with Gasteiger partial charge in [0, 0.05) is 5.56 Å². The van der Waals surface area contributed by atoms with E-state index in [0.717, 1.165) is 12.1 Å². The lowest BCUT2D eigenvalue weighted by Gasteiger charge is -2.19. The van der Waals surface area contributed by atoms with Crippen LogP contribution in [0.2, 0.25) is 0 Å². The zero-order valence-corrected chi connectivity index (χ0v) is 17.1. The lowest BCUT2D eigenvalue weighted by Crippen LogP contribution is -2.11. The molecule has 0 bridgehead atoms. The molecule has 0 aliphatic carbocycles. The number of aromatic hydroxyl groups is 2. The van der Waals surface area contributed by atoms with Gasteiger partial charge in [-0.3, -0.25) is 0 Å². The lowest BCUT2D eigenvalue weighted by atomic mass is 9.87. The number of phenolic OH excluding ortho intramolecular Hbond substituents is 2. The lowest BCUT2D eigenvalue weighted by molar-refractivity contribution is 0.0696. The number of carboxylic acids is 1. The summed E-state index contributed by atoms with van der Waals surface area (Å²) in [5.41, 5.74) is 3.36. The predicted octanol–water partition coefficient (Wildman–Crippen LogP) is 4.90. The summed E-state index contributed by atoms with van der Waals surface area (Å²) in [7, 11) is 0. The minimum Gasteiger partial charge on any atom is -0.504 e. The Morgan fingerprint density at radius 1 is 1.03 bits per heavy atom. The van der Waals surface area contributed by atoms with Crippen LogP contribution in [0.1, 0.15) is 55.7 Å². The fourth-order valence-electron chi connectivity index (χ4n) is 3.33. The summed E-state index contributed by atoms with van der Waals surface area (Å²) >= 11 is 0.